The van der Waals surface area contributed by atoms with Gasteiger partial charge in [0.05, 0.1) is 17.1 Å². The Labute approximate surface area is 180 Å². The monoisotopic (exact) mass is 426 g/mol. The van der Waals surface area contributed by atoms with Crippen LogP contribution in [0, 0.1) is 5.92 Å². The Morgan fingerprint density at radius 2 is 1.97 bits per heavy atom. The third kappa shape index (κ3) is 4.36. The molecule has 2 aromatic carbocycles. The summed E-state index contributed by atoms with van der Waals surface area (Å²) in [5.41, 5.74) is 1.72. The second kappa shape index (κ2) is 8.64. The van der Waals surface area contributed by atoms with Crippen LogP contribution < -0.4 is 4.90 Å². The predicted octanol–water partition coefficient (Wildman–Crippen LogP) is 5.12. The number of halogens is 1. The number of carbonyl (C=O) groups excluding carboxylic acids is 2. The average molecular weight is 427 g/mol. The number of hydrogen-bond acceptors (Lipinski definition) is 3. The SMILES string of the molecule is CC1CCCN(C(=O)C=C2Sc3ccccc3N(Cc3ccccc3Cl)C2=O)C1. The van der Waals surface area contributed by atoms with Crippen LogP contribution in [0.5, 0.6) is 0 Å². The van der Waals surface area contributed by atoms with Gasteiger partial charge in [-0.2, -0.15) is 0 Å². The fourth-order valence-electron chi connectivity index (χ4n) is 3.81. The van der Waals surface area contributed by atoms with E-state index in [4.69, 9.17) is 11.6 Å². The van der Waals surface area contributed by atoms with E-state index in [1.807, 2.05) is 53.4 Å². The number of piperidine rings is 1. The molecule has 0 aliphatic carbocycles. The second-order valence-corrected chi connectivity index (χ2v) is 9.08. The number of benzene rings is 2. The lowest BCUT2D eigenvalue weighted by Gasteiger charge is -2.32. The van der Waals surface area contributed by atoms with Gasteiger partial charge in [-0.05, 0) is 42.5 Å². The maximum absolute atomic E-state index is 13.3. The Morgan fingerprint density at radius 3 is 2.76 bits per heavy atom. The maximum atomic E-state index is 13.3. The molecular weight excluding hydrogens is 404 g/mol. The van der Waals surface area contributed by atoms with Crippen molar-refractivity contribution in [3.8, 4) is 0 Å². The van der Waals surface area contributed by atoms with Crippen molar-refractivity contribution >= 4 is 40.9 Å². The van der Waals surface area contributed by atoms with E-state index >= 15 is 0 Å². The van der Waals surface area contributed by atoms with Crippen LogP contribution in [0.1, 0.15) is 25.3 Å². The third-order valence-corrected chi connectivity index (χ3v) is 6.79. The van der Waals surface area contributed by atoms with Crippen LogP contribution in [-0.4, -0.2) is 29.8 Å². The summed E-state index contributed by atoms with van der Waals surface area (Å²) in [6, 6.07) is 15.3. The van der Waals surface area contributed by atoms with Crippen LogP contribution in [0.3, 0.4) is 0 Å². The van der Waals surface area contributed by atoms with Gasteiger partial charge < -0.3 is 9.80 Å². The van der Waals surface area contributed by atoms with Crippen LogP contribution in [0.2, 0.25) is 5.02 Å². The normalized spacial score (nSPS) is 20.7. The van der Waals surface area contributed by atoms with Crippen LogP contribution in [0.4, 0.5) is 5.69 Å². The molecule has 4 nitrogen and oxygen atoms in total. The maximum Gasteiger partial charge on any atom is 0.265 e. The van der Waals surface area contributed by atoms with Gasteiger partial charge in [0.1, 0.15) is 0 Å². The number of amides is 2. The molecule has 0 aromatic heterocycles. The highest BCUT2D eigenvalue weighted by Crippen LogP contribution is 2.42. The van der Waals surface area contributed by atoms with Crippen LogP contribution in [0.25, 0.3) is 0 Å². The molecule has 2 heterocycles. The molecule has 0 N–H and O–H groups in total. The van der Waals surface area contributed by atoms with Gasteiger partial charge in [0.15, 0.2) is 0 Å². The van der Waals surface area contributed by atoms with E-state index in [-0.39, 0.29) is 11.8 Å². The molecule has 4 rings (SSSR count). The lowest BCUT2D eigenvalue weighted by molar-refractivity contribution is -0.128. The first-order valence-corrected chi connectivity index (χ1v) is 11.0. The van der Waals surface area contributed by atoms with E-state index in [0.29, 0.717) is 22.4 Å². The zero-order chi connectivity index (χ0) is 20.4. The Morgan fingerprint density at radius 1 is 1.21 bits per heavy atom. The highest BCUT2D eigenvalue weighted by atomic mass is 35.5. The lowest BCUT2D eigenvalue weighted by Crippen LogP contribution is -2.39. The van der Waals surface area contributed by atoms with Gasteiger partial charge in [-0.3, -0.25) is 9.59 Å². The Kier molecular flexibility index (Phi) is 5.97. The van der Waals surface area contributed by atoms with Gasteiger partial charge in [-0.25, -0.2) is 0 Å². The number of para-hydroxylation sites is 1. The minimum atomic E-state index is -0.160. The summed E-state index contributed by atoms with van der Waals surface area (Å²) in [5.74, 6) is 0.259. The van der Waals surface area contributed by atoms with E-state index < -0.39 is 0 Å². The highest BCUT2D eigenvalue weighted by molar-refractivity contribution is 8.04. The van der Waals surface area contributed by atoms with Gasteiger partial charge in [-0.15, -0.1) is 0 Å². The molecule has 0 bridgehead atoms. The van der Waals surface area contributed by atoms with Gasteiger partial charge >= 0.3 is 0 Å². The molecule has 6 heteroatoms. The molecule has 0 saturated carbocycles. The first-order valence-electron chi connectivity index (χ1n) is 9.85. The number of hydrogen-bond donors (Lipinski definition) is 0. The number of rotatable bonds is 3. The molecule has 0 spiro atoms. The number of nitrogens with zero attached hydrogens (tertiary/aromatic N) is 2. The fraction of sp³-hybridized carbons (Fsp3) is 0.304. The number of anilines is 1. The molecule has 29 heavy (non-hydrogen) atoms. The van der Waals surface area contributed by atoms with Crippen molar-refractivity contribution < 1.29 is 9.59 Å². The number of thioether (sulfide) groups is 1. The zero-order valence-electron chi connectivity index (χ0n) is 16.3. The molecule has 0 radical (unpaired) electrons. The van der Waals surface area contributed by atoms with Crippen molar-refractivity contribution in [2.24, 2.45) is 5.92 Å². The first kappa shape index (κ1) is 20.0. The second-order valence-electron chi connectivity index (χ2n) is 7.59. The average Bonchev–Trinajstić information content (AvgIpc) is 2.72. The van der Waals surface area contributed by atoms with Crippen LogP contribution in [-0.2, 0) is 16.1 Å². The van der Waals surface area contributed by atoms with Gasteiger partial charge in [0.2, 0.25) is 5.91 Å². The lowest BCUT2D eigenvalue weighted by atomic mass is 10.0. The molecule has 150 valence electrons. The summed E-state index contributed by atoms with van der Waals surface area (Å²) in [5, 5.41) is 0.625. The van der Waals surface area contributed by atoms with Crippen LogP contribution >= 0.6 is 23.4 Å². The minimum absolute atomic E-state index is 0.0792. The quantitative estimate of drug-likeness (QED) is 0.639. The molecule has 1 unspecified atom stereocenters. The molecule has 2 amide bonds. The van der Waals surface area contributed by atoms with E-state index in [2.05, 4.69) is 6.92 Å². The van der Waals surface area contributed by atoms with E-state index in [9.17, 15) is 9.59 Å². The van der Waals surface area contributed by atoms with Gasteiger partial charge in [-0.1, -0.05) is 60.6 Å². The first-order chi connectivity index (χ1) is 14.0. The van der Waals surface area contributed by atoms with E-state index in [0.717, 1.165) is 42.1 Å². The van der Waals surface area contributed by atoms with Gasteiger partial charge in [0, 0.05) is 29.1 Å². The summed E-state index contributed by atoms with van der Waals surface area (Å²) in [4.78, 5) is 31.1. The predicted molar refractivity (Wildman–Crippen MR) is 118 cm³/mol. The summed E-state index contributed by atoms with van der Waals surface area (Å²) in [6.45, 7) is 4.03. The summed E-state index contributed by atoms with van der Waals surface area (Å²) in [6.07, 6.45) is 3.67. The Hall–Kier alpha value is -2.24. The number of carbonyl (C=O) groups is 2. The molecule has 1 saturated heterocycles. The van der Waals surface area contributed by atoms with E-state index in [1.165, 1.54) is 17.8 Å². The van der Waals surface area contributed by atoms with Crippen molar-refractivity contribution in [1.29, 1.82) is 0 Å². The zero-order valence-corrected chi connectivity index (χ0v) is 17.9. The molecular formula is C23H23ClN2O2S. The van der Waals surface area contributed by atoms with Crippen molar-refractivity contribution in [3.05, 3.63) is 70.1 Å². The summed E-state index contributed by atoms with van der Waals surface area (Å²) in [7, 11) is 0. The molecule has 2 aliphatic heterocycles. The topological polar surface area (TPSA) is 40.6 Å². The highest BCUT2D eigenvalue weighted by Gasteiger charge is 2.31. The van der Waals surface area contributed by atoms with Crippen molar-refractivity contribution in [1.82, 2.24) is 4.90 Å². The van der Waals surface area contributed by atoms with Crippen molar-refractivity contribution in [3.63, 3.8) is 0 Å². The number of fused-ring (bicyclic) bond motifs is 1. The summed E-state index contributed by atoms with van der Waals surface area (Å²) >= 11 is 7.70. The molecule has 2 aromatic rings. The summed E-state index contributed by atoms with van der Waals surface area (Å²) < 4.78 is 0. The minimum Gasteiger partial charge on any atom is -0.339 e. The standard InChI is InChI=1S/C23H23ClN2O2S/c1-16-7-6-12-25(14-16)22(27)13-21-23(28)26(15-17-8-2-3-9-18(17)24)19-10-4-5-11-20(19)29-21/h2-5,8-11,13,16H,6-7,12,14-15H2,1H3. The largest absolute Gasteiger partial charge is 0.339 e. The number of likely N-dealkylation sites (tertiary alicyclic amines) is 1. The van der Waals surface area contributed by atoms with Crippen LogP contribution in [0.15, 0.2) is 64.4 Å². The van der Waals surface area contributed by atoms with Crippen molar-refractivity contribution in [2.75, 3.05) is 18.0 Å². The third-order valence-electron chi connectivity index (χ3n) is 5.34. The Balaban J connectivity index is 1.64. The molecule has 1 atom stereocenters. The Bertz CT molecular complexity index is 975. The molecule has 2 aliphatic rings. The van der Waals surface area contributed by atoms with Gasteiger partial charge in [0.25, 0.3) is 5.91 Å². The smallest absolute Gasteiger partial charge is 0.265 e. The molecule has 1 fully saturated rings. The van der Waals surface area contributed by atoms with E-state index in [1.54, 1.807) is 4.90 Å². The fourth-order valence-corrected chi connectivity index (χ4v) is 5.03. The van der Waals surface area contributed by atoms with Crippen molar-refractivity contribution in [2.45, 2.75) is 31.2 Å².